The molecule has 2 aromatic rings. The number of nitrogens with zero attached hydrogens (tertiary/aromatic N) is 3. The SMILES string of the molecule is CC/C=C\C(=NC)/C(C)=C/c1ccc2c(=O)n3c(nc2c1)CCC(C)(C)C3. The first kappa shape index (κ1) is 19.3. The summed E-state index contributed by atoms with van der Waals surface area (Å²) in [6.45, 7) is 9.33. The second kappa shape index (κ2) is 7.63. The standard InChI is InChI=1S/C23H29N3O/c1-6-7-8-19(24-5)16(2)13-17-9-10-18-20(14-17)25-21-11-12-23(3,4)15-26(21)22(18)27/h7-10,13-14H,6,11-12,15H2,1-5H3/b8-7-,16-13+,24-19?. The van der Waals surface area contributed by atoms with Crippen LogP contribution in [-0.4, -0.2) is 22.3 Å². The molecule has 0 amide bonds. The Balaban J connectivity index is 2.03. The van der Waals surface area contributed by atoms with Crippen molar-refractivity contribution in [3.63, 3.8) is 0 Å². The van der Waals surface area contributed by atoms with Crippen LogP contribution in [-0.2, 0) is 13.0 Å². The zero-order chi connectivity index (χ0) is 19.6. The average Bonchev–Trinajstić information content (AvgIpc) is 2.63. The number of aliphatic imine (C=N–C) groups is 1. The Morgan fingerprint density at radius 2 is 2.15 bits per heavy atom. The number of aryl methyl sites for hydroxylation is 1. The van der Waals surface area contributed by atoms with Crippen molar-refractivity contribution in [1.82, 2.24) is 9.55 Å². The third kappa shape index (κ3) is 4.10. The van der Waals surface area contributed by atoms with Crippen molar-refractivity contribution < 1.29 is 0 Å². The van der Waals surface area contributed by atoms with Gasteiger partial charge < -0.3 is 0 Å². The molecule has 0 fully saturated rings. The van der Waals surface area contributed by atoms with Gasteiger partial charge in [0.2, 0.25) is 0 Å². The molecule has 0 saturated heterocycles. The Morgan fingerprint density at radius 1 is 1.37 bits per heavy atom. The molecule has 0 radical (unpaired) electrons. The Bertz CT molecular complexity index is 1010. The van der Waals surface area contributed by atoms with Crippen LogP contribution in [0.25, 0.3) is 17.0 Å². The van der Waals surface area contributed by atoms with E-state index in [1.807, 2.05) is 29.8 Å². The molecule has 0 aliphatic carbocycles. The van der Waals surface area contributed by atoms with E-state index < -0.39 is 0 Å². The second-order valence-electron chi connectivity index (χ2n) is 8.11. The minimum absolute atomic E-state index is 0.0803. The topological polar surface area (TPSA) is 47.2 Å². The van der Waals surface area contributed by atoms with Crippen molar-refractivity contribution in [2.24, 2.45) is 10.4 Å². The van der Waals surface area contributed by atoms with Crippen LogP contribution < -0.4 is 5.56 Å². The molecule has 1 aliphatic heterocycles. The molecule has 1 aromatic heterocycles. The second-order valence-corrected chi connectivity index (χ2v) is 8.11. The summed E-state index contributed by atoms with van der Waals surface area (Å²) in [5, 5.41) is 0.696. The van der Waals surface area contributed by atoms with E-state index in [0.717, 1.165) is 54.0 Å². The zero-order valence-electron chi connectivity index (χ0n) is 17.0. The maximum atomic E-state index is 12.9. The van der Waals surface area contributed by atoms with Crippen molar-refractivity contribution in [3.05, 3.63) is 57.7 Å². The Hall–Kier alpha value is -2.49. The van der Waals surface area contributed by atoms with Crippen LogP contribution in [0.5, 0.6) is 0 Å². The quantitative estimate of drug-likeness (QED) is 0.732. The fourth-order valence-electron chi connectivity index (χ4n) is 3.62. The predicted octanol–water partition coefficient (Wildman–Crippen LogP) is 4.81. The van der Waals surface area contributed by atoms with E-state index in [-0.39, 0.29) is 11.0 Å². The molecule has 4 heteroatoms. The van der Waals surface area contributed by atoms with Crippen LogP contribution in [0, 0.1) is 5.41 Å². The lowest BCUT2D eigenvalue weighted by Gasteiger charge is -2.31. The fourth-order valence-corrected chi connectivity index (χ4v) is 3.62. The fraction of sp³-hybridized carbons (Fsp3) is 0.435. The van der Waals surface area contributed by atoms with Crippen LogP contribution in [0.3, 0.4) is 0 Å². The van der Waals surface area contributed by atoms with Gasteiger partial charge in [-0.25, -0.2) is 4.98 Å². The summed E-state index contributed by atoms with van der Waals surface area (Å²) in [5.41, 5.74) is 4.12. The first-order valence-corrected chi connectivity index (χ1v) is 9.70. The summed E-state index contributed by atoms with van der Waals surface area (Å²) >= 11 is 0. The van der Waals surface area contributed by atoms with Gasteiger partial charge in [0.25, 0.3) is 5.56 Å². The lowest BCUT2D eigenvalue weighted by atomic mass is 9.85. The Morgan fingerprint density at radius 3 is 2.85 bits per heavy atom. The normalized spacial score (nSPS) is 17.5. The summed E-state index contributed by atoms with van der Waals surface area (Å²) in [6.07, 6.45) is 9.16. The molecule has 142 valence electrons. The largest absolute Gasteiger partial charge is 0.296 e. The van der Waals surface area contributed by atoms with Gasteiger partial charge in [0.15, 0.2) is 0 Å². The zero-order valence-corrected chi connectivity index (χ0v) is 17.0. The molecule has 0 spiro atoms. The van der Waals surface area contributed by atoms with Crippen molar-refractivity contribution in [2.75, 3.05) is 7.05 Å². The number of fused-ring (bicyclic) bond motifs is 2. The van der Waals surface area contributed by atoms with E-state index >= 15 is 0 Å². The van der Waals surface area contributed by atoms with E-state index in [0.29, 0.717) is 5.39 Å². The third-order valence-corrected chi connectivity index (χ3v) is 5.21. The molecular formula is C23H29N3O. The number of benzene rings is 1. The molecule has 2 heterocycles. The summed E-state index contributed by atoms with van der Waals surface area (Å²) in [6, 6.07) is 5.91. The average molecular weight is 364 g/mol. The van der Waals surface area contributed by atoms with E-state index in [2.05, 4.69) is 50.9 Å². The van der Waals surface area contributed by atoms with Gasteiger partial charge in [0.05, 0.1) is 16.6 Å². The minimum Gasteiger partial charge on any atom is -0.296 e. The highest BCUT2D eigenvalue weighted by Gasteiger charge is 2.27. The predicted molar refractivity (Wildman–Crippen MR) is 115 cm³/mol. The highest BCUT2D eigenvalue weighted by atomic mass is 16.1. The molecule has 0 saturated carbocycles. The summed E-state index contributed by atoms with van der Waals surface area (Å²) in [5.74, 6) is 0.909. The van der Waals surface area contributed by atoms with E-state index in [4.69, 9.17) is 4.98 Å². The lowest BCUT2D eigenvalue weighted by molar-refractivity contribution is 0.240. The molecule has 0 N–H and O–H groups in total. The van der Waals surface area contributed by atoms with Crippen molar-refractivity contribution >= 4 is 22.7 Å². The van der Waals surface area contributed by atoms with Gasteiger partial charge in [-0.05, 0) is 60.6 Å². The minimum atomic E-state index is 0.0803. The van der Waals surface area contributed by atoms with E-state index in [1.54, 1.807) is 0 Å². The van der Waals surface area contributed by atoms with Crippen molar-refractivity contribution in [3.8, 4) is 0 Å². The van der Waals surface area contributed by atoms with Crippen LogP contribution in [0.4, 0.5) is 0 Å². The Kier molecular flexibility index (Phi) is 5.45. The van der Waals surface area contributed by atoms with Crippen LogP contribution in [0.1, 0.15) is 51.9 Å². The number of allylic oxidation sites excluding steroid dienone is 3. The van der Waals surface area contributed by atoms with Crippen molar-refractivity contribution in [2.45, 2.75) is 53.5 Å². The van der Waals surface area contributed by atoms with Crippen molar-refractivity contribution in [1.29, 1.82) is 0 Å². The van der Waals surface area contributed by atoms with Gasteiger partial charge in [-0.3, -0.25) is 14.4 Å². The van der Waals surface area contributed by atoms with Gasteiger partial charge in [-0.2, -0.15) is 0 Å². The number of hydrogen-bond acceptors (Lipinski definition) is 3. The highest BCUT2D eigenvalue weighted by molar-refractivity contribution is 6.10. The molecule has 1 aliphatic rings. The van der Waals surface area contributed by atoms with Crippen LogP contribution in [0.2, 0.25) is 0 Å². The molecule has 0 unspecified atom stereocenters. The van der Waals surface area contributed by atoms with Gasteiger partial charge in [-0.1, -0.05) is 32.9 Å². The summed E-state index contributed by atoms with van der Waals surface area (Å²) < 4.78 is 1.87. The smallest absolute Gasteiger partial charge is 0.261 e. The maximum Gasteiger partial charge on any atom is 0.261 e. The maximum absolute atomic E-state index is 12.9. The molecule has 3 rings (SSSR count). The Labute approximate surface area is 161 Å². The summed E-state index contributed by atoms with van der Waals surface area (Å²) in [4.78, 5) is 22.1. The number of aromatic nitrogens is 2. The monoisotopic (exact) mass is 363 g/mol. The van der Waals surface area contributed by atoms with E-state index in [9.17, 15) is 4.79 Å². The van der Waals surface area contributed by atoms with Crippen LogP contribution >= 0.6 is 0 Å². The molecule has 0 atom stereocenters. The van der Waals surface area contributed by atoms with E-state index in [1.165, 1.54) is 0 Å². The molecule has 0 bridgehead atoms. The molecule has 27 heavy (non-hydrogen) atoms. The van der Waals surface area contributed by atoms with Gasteiger partial charge in [0.1, 0.15) is 5.82 Å². The number of rotatable bonds is 4. The summed E-state index contributed by atoms with van der Waals surface area (Å²) in [7, 11) is 1.81. The molecular weight excluding hydrogens is 334 g/mol. The van der Waals surface area contributed by atoms with Gasteiger partial charge in [0, 0.05) is 20.0 Å². The highest BCUT2D eigenvalue weighted by Crippen LogP contribution is 2.29. The first-order valence-electron chi connectivity index (χ1n) is 9.70. The molecule has 1 aromatic carbocycles. The lowest BCUT2D eigenvalue weighted by Crippen LogP contribution is -2.36. The number of hydrogen-bond donors (Lipinski definition) is 0. The van der Waals surface area contributed by atoms with Gasteiger partial charge >= 0.3 is 0 Å². The first-order chi connectivity index (χ1) is 12.8. The molecule has 4 nitrogen and oxygen atoms in total. The van der Waals surface area contributed by atoms with Crippen LogP contribution in [0.15, 0.2) is 45.7 Å². The van der Waals surface area contributed by atoms with Gasteiger partial charge in [-0.15, -0.1) is 0 Å². The third-order valence-electron chi connectivity index (χ3n) is 5.21.